The SMILES string of the molecule is CCCC(C#N)N1CCN(c2nc(C)ns2)CC1. The minimum atomic E-state index is 0.0771. The highest BCUT2D eigenvalue weighted by molar-refractivity contribution is 7.09. The third-order valence-electron chi connectivity index (χ3n) is 3.25. The minimum absolute atomic E-state index is 0.0771. The summed E-state index contributed by atoms with van der Waals surface area (Å²) in [6, 6.07) is 2.49. The summed E-state index contributed by atoms with van der Waals surface area (Å²) in [5, 5.41) is 10.2. The summed E-state index contributed by atoms with van der Waals surface area (Å²) in [5.41, 5.74) is 0. The van der Waals surface area contributed by atoms with Crippen LogP contribution in [0.25, 0.3) is 0 Å². The van der Waals surface area contributed by atoms with Crippen molar-refractivity contribution >= 4 is 16.7 Å². The molecule has 1 atom stereocenters. The van der Waals surface area contributed by atoms with Crippen LogP contribution >= 0.6 is 11.5 Å². The summed E-state index contributed by atoms with van der Waals surface area (Å²) in [5.74, 6) is 0.846. The Kier molecular flexibility index (Phi) is 4.50. The molecule has 98 valence electrons. The third-order valence-corrected chi connectivity index (χ3v) is 4.12. The van der Waals surface area contributed by atoms with Crippen LogP contribution in [0.3, 0.4) is 0 Å². The van der Waals surface area contributed by atoms with Gasteiger partial charge in [-0.05, 0) is 13.3 Å². The second-order valence-corrected chi connectivity index (χ2v) is 5.31. The van der Waals surface area contributed by atoms with Crippen molar-refractivity contribution in [3.63, 3.8) is 0 Å². The van der Waals surface area contributed by atoms with Crippen LogP contribution in [0.2, 0.25) is 0 Å². The van der Waals surface area contributed by atoms with E-state index in [4.69, 9.17) is 0 Å². The van der Waals surface area contributed by atoms with E-state index in [2.05, 4.69) is 32.2 Å². The molecule has 1 aliphatic rings. The molecule has 2 heterocycles. The topological polar surface area (TPSA) is 56.1 Å². The van der Waals surface area contributed by atoms with Crippen molar-refractivity contribution in [2.75, 3.05) is 31.1 Å². The molecular formula is C12H19N5S. The Hall–Kier alpha value is -1.19. The second-order valence-electron chi connectivity index (χ2n) is 4.58. The largest absolute Gasteiger partial charge is 0.344 e. The first kappa shape index (κ1) is 13.2. The van der Waals surface area contributed by atoms with Gasteiger partial charge in [0.25, 0.3) is 0 Å². The number of nitriles is 1. The molecule has 1 saturated heterocycles. The van der Waals surface area contributed by atoms with Crippen molar-refractivity contribution < 1.29 is 0 Å². The Bertz CT molecular complexity index is 416. The Balaban J connectivity index is 1.90. The van der Waals surface area contributed by atoms with Gasteiger partial charge in [-0.25, -0.2) is 4.98 Å². The minimum Gasteiger partial charge on any atom is -0.344 e. The molecule has 18 heavy (non-hydrogen) atoms. The summed E-state index contributed by atoms with van der Waals surface area (Å²) in [7, 11) is 0. The van der Waals surface area contributed by atoms with Gasteiger partial charge in [0.05, 0.1) is 12.1 Å². The molecule has 1 fully saturated rings. The maximum absolute atomic E-state index is 9.17. The highest BCUT2D eigenvalue weighted by atomic mass is 32.1. The quantitative estimate of drug-likeness (QED) is 0.828. The van der Waals surface area contributed by atoms with Gasteiger partial charge in [-0.15, -0.1) is 0 Å². The normalized spacial score (nSPS) is 18.6. The molecule has 5 nitrogen and oxygen atoms in total. The number of rotatable bonds is 4. The van der Waals surface area contributed by atoms with E-state index in [0.29, 0.717) is 0 Å². The van der Waals surface area contributed by atoms with E-state index < -0.39 is 0 Å². The average molecular weight is 265 g/mol. The van der Waals surface area contributed by atoms with Crippen molar-refractivity contribution in [2.24, 2.45) is 0 Å². The van der Waals surface area contributed by atoms with E-state index in [0.717, 1.165) is 50.0 Å². The van der Waals surface area contributed by atoms with Crippen LogP contribution in [0.5, 0.6) is 0 Å². The van der Waals surface area contributed by atoms with Crippen molar-refractivity contribution in [2.45, 2.75) is 32.7 Å². The summed E-state index contributed by atoms with van der Waals surface area (Å²) in [4.78, 5) is 8.96. The molecule has 0 spiro atoms. The maximum atomic E-state index is 9.17. The van der Waals surface area contributed by atoms with Crippen molar-refractivity contribution in [1.82, 2.24) is 14.3 Å². The fourth-order valence-corrected chi connectivity index (χ4v) is 2.97. The van der Waals surface area contributed by atoms with Gasteiger partial charge in [-0.3, -0.25) is 4.90 Å². The zero-order valence-electron chi connectivity index (χ0n) is 11.0. The predicted octanol–water partition coefficient (Wildman–Crippen LogP) is 1.66. The standard InChI is InChI=1S/C12H19N5S/c1-3-4-11(9-13)16-5-7-17(8-6-16)12-14-10(2)15-18-12/h11H,3-8H2,1-2H3. The highest BCUT2D eigenvalue weighted by Gasteiger charge is 2.24. The molecule has 1 aromatic rings. The van der Waals surface area contributed by atoms with E-state index >= 15 is 0 Å². The molecule has 6 heteroatoms. The summed E-state index contributed by atoms with van der Waals surface area (Å²) in [6.07, 6.45) is 2.03. The summed E-state index contributed by atoms with van der Waals surface area (Å²) >= 11 is 1.46. The first-order valence-electron chi connectivity index (χ1n) is 6.43. The fraction of sp³-hybridized carbons (Fsp3) is 0.750. The lowest BCUT2D eigenvalue weighted by molar-refractivity contribution is 0.211. The first-order chi connectivity index (χ1) is 8.74. The van der Waals surface area contributed by atoms with Crippen molar-refractivity contribution in [3.8, 4) is 6.07 Å². The van der Waals surface area contributed by atoms with E-state index in [1.54, 1.807) is 0 Å². The number of aryl methyl sites for hydroxylation is 1. The molecular weight excluding hydrogens is 246 g/mol. The molecule has 0 radical (unpaired) electrons. The predicted molar refractivity (Wildman–Crippen MR) is 72.7 cm³/mol. The summed E-state index contributed by atoms with van der Waals surface area (Å²) < 4.78 is 4.21. The zero-order chi connectivity index (χ0) is 13.0. The molecule has 0 saturated carbocycles. The number of piperazine rings is 1. The van der Waals surface area contributed by atoms with Crippen LogP contribution in [0, 0.1) is 18.3 Å². The van der Waals surface area contributed by atoms with Crippen LogP contribution in [0.4, 0.5) is 5.13 Å². The van der Waals surface area contributed by atoms with Gasteiger partial charge in [0, 0.05) is 37.7 Å². The average Bonchev–Trinajstić information content (AvgIpc) is 2.83. The lowest BCUT2D eigenvalue weighted by Gasteiger charge is -2.36. The maximum Gasteiger partial charge on any atom is 0.205 e. The van der Waals surface area contributed by atoms with Crippen molar-refractivity contribution in [3.05, 3.63) is 5.82 Å². The molecule has 1 unspecified atom stereocenters. The molecule has 0 aliphatic carbocycles. The molecule has 0 N–H and O–H groups in total. The Labute approximate surface area is 112 Å². The van der Waals surface area contributed by atoms with E-state index in [1.165, 1.54) is 11.5 Å². The van der Waals surface area contributed by atoms with Crippen molar-refractivity contribution in [1.29, 1.82) is 5.26 Å². The number of nitrogens with zero attached hydrogens (tertiary/aromatic N) is 5. The van der Waals surface area contributed by atoms with Gasteiger partial charge in [0.2, 0.25) is 5.13 Å². The zero-order valence-corrected chi connectivity index (χ0v) is 11.8. The lowest BCUT2D eigenvalue weighted by atomic mass is 10.1. The summed E-state index contributed by atoms with van der Waals surface area (Å²) in [6.45, 7) is 7.81. The Morgan fingerprint density at radius 3 is 2.61 bits per heavy atom. The Morgan fingerprint density at radius 1 is 1.39 bits per heavy atom. The van der Waals surface area contributed by atoms with Crippen LogP contribution in [-0.2, 0) is 0 Å². The lowest BCUT2D eigenvalue weighted by Crippen LogP contribution is -2.50. The highest BCUT2D eigenvalue weighted by Crippen LogP contribution is 2.19. The first-order valence-corrected chi connectivity index (χ1v) is 7.21. The van der Waals surface area contributed by atoms with Gasteiger partial charge < -0.3 is 4.90 Å². The molecule has 0 bridgehead atoms. The molecule has 1 aromatic heterocycles. The number of hydrogen-bond donors (Lipinski definition) is 0. The number of hydrogen-bond acceptors (Lipinski definition) is 6. The van der Waals surface area contributed by atoms with Crippen LogP contribution in [-0.4, -0.2) is 46.5 Å². The second kappa shape index (κ2) is 6.12. The van der Waals surface area contributed by atoms with Crippen LogP contribution in [0.15, 0.2) is 0 Å². The number of anilines is 1. The van der Waals surface area contributed by atoms with Gasteiger partial charge >= 0.3 is 0 Å². The van der Waals surface area contributed by atoms with Gasteiger partial charge in [-0.2, -0.15) is 9.64 Å². The van der Waals surface area contributed by atoms with Crippen LogP contribution in [0.1, 0.15) is 25.6 Å². The Morgan fingerprint density at radius 2 is 2.11 bits per heavy atom. The van der Waals surface area contributed by atoms with E-state index in [-0.39, 0.29) is 6.04 Å². The molecule has 0 aromatic carbocycles. The monoisotopic (exact) mass is 265 g/mol. The van der Waals surface area contributed by atoms with Gasteiger partial charge in [0.1, 0.15) is 5.82 Å². The molecule has 1 aliphatic heterocycles. The molecule has 2 rings (SSSR count). The van der Waals surface area contributed by atoms with Gasteiger partial charge in [0.15, 0.2) is 0 Å². The molecule has 0 amide bonds. The number of aromatic nitrogens is 2. The van der Waals surface area contributed by atoms with Crippen LogP contribution < -0.4 is 4.90 Å². The van der Waals surface area contributed by atoms with E-state index in [1.807, 2.05) is 6.92 Å². The fourth-order valence-electron chi connectivity index (χ4n) is 2.24. The van der Waals surface area contributed by atoms with Gasteiger partial charge in [-0.1, -0.05) is 13.3 Å². The smallest absolute Gasteiger partial charge is 0.205 e. The third kappa shape index (κ3) is 2.98. The van der Waals surface area contributed by atoms with E-state index in [9.17, 15) is 5.26 Å².